The minimum absolute atomic E-state index is 0.0758. The molecule has 1 saturated carbocycles. The van der Waals surface area contributed by atoms with Crippen LogP contribution in [0.25, 0.3) is 0 Å². The highest BCUT2D eigenvalue weighted by Crippen LogP contribution is 2.38. The number of nitrogens with one attached hydrogen (secondary N) is 1. The first-order valence-corrected chi connectivity index (χ1v) is 8.28. The van der Waals surface area contributed by atoms with E-state index in [1.54, 1.807) is 0 Å². The maximum absolute atomic E-state index is 11.9. The molecule has 1 aromatic rings. The molecule has 3 rings (SSSR count). The van der Waals surface area contributed by atoms with Gasteiger partial charge in [0.15, 0.2) is 5.82 Å². The second-order valence-electron chi connectivity index (χ2n) is 6.13. The summed E-state index contributed by atoms with van der Waals surface area (Å²) in [5.74, 6) is 2.04. The standard InChI is InChI=1S/C15H25N5O2/c1-2-19-7-9-20(10-8-19)11-13(21)16-6-5-14-17-15(18-22-14)12-3-4-12/h12H,2-11H2,1H3,(H,16,21). The van der Waals surface area contributed by atoms with E-state index in [4.69, 9.17) is 4.52 Å². The molecule has 0 bridgehead atoms. The summed E-state index contributed by atoms with van der Waals surface area (Å²) in [7, 11) is 0. The van der Waals surface area contributed by atoms with Gasteiger partial charge in [0.25, 0.3) is 0 Å². The van der Waals surface area contributed by atoms with Crippen molar-refractivity contribution in [3.05, 3.63) is 11.7 Å². The third-order valence-corrected chi connectivity index (χ3v) is 4.37. The molecule has 1 aliphatic carbocycles. The Bertz CT molecular complexity index is 492. The molecule has 1 aromatic heterocycles. The number of nitrogens with zero attached hydrogens (tertiary/aromatic N) is 4. The zero-order valence-electron chi connectivity index (χ0n) is 13.3. The van der Waals surface area contributed by atoms with Crippen LogP contribution in [0.1, 0.15) is 37.4 Å². The van der Waals surface area contributed by atoms with E-state index in [9.17, 15) is 4.79 Å². The number of piperazine rings is 1. The summed E-state index contributed by atoms with van der Waals surface area (Å²) >= 11 is 0. The van der Waals surface area contributed by atoms with E-state index in [2.05, 4.69) is 32.2 Å². The van der Waals surface area contributed by atoms with Crippen molar-refractivity contribution in [2.24, 2.45) is 0 Å². The van der Waals surface area contributed by atoms with Gasteiger partial charge in [-0.1, -0.05) is 12.1 Å². The highest BCUT2D eigenvalue weighted by Gasteiger charge is 2.28. The van der Waals surface area contributed by atoms with Crippen LogP contribution in [-0.2, 0) is 11.2 Å². The molecule has 2 fully saturated rings. The quantitative estimate of drug-likeness (QED) is 0.778. The maximum Gasteiger partial charge on any atom is 0.234 e. The molecule has 0 unspecified atom stereocenters. The van der Waals surface area contributed by atoms with Crippen LogP contribution < -0.4 is 5.32 Å². The molecular weight excluding hydrogens is 282 g/mol. The highest BCUT2D eigenvalue weighted by atomic mass is 16.5. The van der Waals surface area contributed by atoms with Gasteiger partial charge in [-0.2, -0.15) is 4.98 Å². The number of likely N-dealkylation sites (N-methyl/N-ethyl adjacent to an activating group) is 1. The average molecular weight is 307 g/mol. The van der Waals surface area contributed by atoms with Crippen molar-refractivity contribution in [1.29, 1.82) is 0 Å². The molecule has 0 spiro atoms. The smallest absolute Gasteiger partial charge is 0.234 e. The van der Waals surface area contributed by atoms with E-state index >= 15 is 0 Å². The molecule has 1 N–H and O–H groups in total. The Morgan fingerprint density at radius 2 is 2.00 bits per heavy atom. The molecule has 0 atom stereocenters. The van der Waals surface area contributed by atoms with Crippen molar-refractivity contribution in [3.63, 3.8) is 0 Å². The Kier molecular flexibility index (Phi) is 5.04. The van der Waals surface area contributed by atoms with Crippen molar-refractivity contribution in [1.82, 2.24) is 25.3 Å². The van der Waals surface area contributed by atoms with E-state index in [-0.39, 0.29) is 5.91 Å². The summed E-state index contributed by atoms with van der Waals surface area (Å²) in [5, 5.41) is 6.91. The second kappa shape index (κ2) is 7.19. The molecule has 7 nitrogen and oxygen atoms in total. The average Bonchev–Trinajstić information content (AvgIpc) is 3.28. The third-order valence-electron chi connectivity index (χ3n) is 4.37. The normalized spacial score (nSPS) is 20.2. The number of amides is 1. The van der Waals surface area contributed by atoms with Crippen LogP contribution in [-0.4, -0.2) is 71.7 Å². The Labute approximate surface area is 131 Å². The fourth-order valence-electron chi connectivity index (χ4n) is 2.71. The molecule has 2 heterocycles. The van der Waals surface area contributed by atoms with Gasteiger partial charge in [-0.15, -0.1) is 0 Å². The van der Waals surface area contributed by atoms with Crippen LogP contribution in [0.15, 0.2) is 4.52 Å². The van der Waals surface area contributed by atoms with Gasteiger partial charge in [-0.25, -0.2) is 0 Å². The topological polar surface area (TPSA) is 74.5 Å². The van der Waals surface area contributed by atoms with Gasteiger partial charge in [-0.3, -0.25) is 9.69 Å². The summed E-state index contributed by atoms with van der Waals surface area (Å²) in [6.07, 6.45) is 2.94. The van der Waals surface area contributed by atoms with Crippen LogP contribution in [0, 0.1) is 0 Å². The Morgan fingerprint density at radius 3 is 2.68 bits per heavy atom. The van der Waals surface area contributed by atoms with Gasteiger partial charge in [0.2, 0.25) is 11.8 Å². The number of hydrogen-bond acceptors (Lipinski definition) is 6. The summed E-state index contributed by atoms with van der Waals surface area (Å²) in [5.41, 5.74) is 0. The van der Waals surface area contributed by atoms with Gasteiger partial charge in [0.05, 0.1) is 6.54 Å². The zero-order valence-corrected chi connectivity index (χ0v) is 13.3. The van der Waals surface area contributed by atoms with Crippen molar-refractivity contribution in [2.75, 3.05) is 45.8 Å². The van der Waals surface area contributed by atoms with Crippen LogP contribution in [0.3, 0.4) is 0 Å². The SMILES string of the molecule is CCN1CCN(CC(=O)NCCc2nc(C3CC3)no2)CC1. The van der Waals surface area contributed by atoms with Crippen molar-refractivity contribution in [2.45, 2.75) is 32.1 Å². The van der Waals surface area contributed by atoms with Gasteiger partial charge in [-0.05, 0) is 19.4 Å². The molecule has 122 valence electrons. The van der Waals surface area contributed by atoms with Gasteiger partial charge in [0, 0.05) is 45.1 Å². The van der Waals surface area contributed by atoms with Crippen LogP contribution in [0.2, 0.25) is 0 Å². The van der Waals surface area contributed by atoms with Gasteiger partial charge >= 0.3 is 0 Å². The summed E-state index contributed by atoms with van der Waals surface area (Å²) in [4.78, 5) is 20.9. The Hall–Kier alpha value is -1.47. The lowest BCUT2D eigenvalue weighted by Gasteiger charge is -2.33. The fourth-order valence-corrected chi connectivity index (χ4v) is 2.71. The minimum atomic E-state index is 0.0758. The van der Waals surface area contributed by atoms with E-state index in [1.807, 2.05) is 0 Å². The first-order valence-electron chi connectivity index (χ1n) is 8.28. The molecule has 2 aliphatic rings. The fraction of sp³-hybridized carbons (Fsp3) is 0.800. The number of hydrogen-bond donors (Lipinski definition) is 1. The molecular formula is C15H25N5O2. The molecule has 0 radical (unpaired) electrons. The predicted octanol–water partition coefficient (Wildman–Crippen LogP) is 0.243. The van der Waals surface area contributed by atoms with E-state index in [0.717, 1.165) is 38.5 Å². The van der Waals surface area contributed by atoms with E-state index in [1.165, 1.54) is 12.8 Å². The van der Waals surface area contributed by atoms with Crippen molar-refractivity contribution < 1.29 is 9.32 Å². The zero-order chi connectivity index (χ0) is 15.4. The number of carbonyl (C=O) groups is 1. The summed E-state index contributed by atoms with van der Waals surface area (Å²) < 4.78 is 5.19. The number of rotatable bonds is 7. The van der Waals surface area contributed by atoms with Crippen molar-refractivity contribution >= 4 is 5.91 Å². The summed E-state index contributed by atoms with van der Waals surface area (Å²) in [6, 6.07) is 0. The second-order valence-corrected chi connectivity index (χ2v) is 6.13. The third kappa shape index (κ3) is 4.27. The lowest BCUT2D eigenvalue weighted by molar-refractivity contribution is -0.122. The predicted molar refractivity (Wildman–Crippen MR) is 81.5 cm³/mol. The monoisotopic (exact) mass is 307 g/mol. The number of aromatic nitrogens is 2. The van der Waals surface area contributed by atoms with E-state index in [0.29, 0.717) is 31.3 Å². The molecule has 1 amide bonds. The molecule has 7 heteroatoms. The lowest BCUT2D eigenvalue weighted by atomic mass is 10.3. The lowest BCUT2D eigenvalue weighted by Crippen LogP contribution is -2.49. The Balaban J connectivity index is 1.32. The first kappa shape index (κ1) is 15.4. The van der Waals surface area contributed by atoms with Crippen molar-refractivity contribution in [3.8, 4) is 0 Å². The maximum atomic E-state index is 11.9. The Morgan fingerprint density at radius 1 is 1.27 bits per heavy atom. The molecule has 1 saturated heterocycles. The summed E-state index contributed by atoms with van der Waals surface area (Å²) in [6.45, 7) is 8.34. The first-order chi connectivity index (χ1) is 10.7. The van der Waals surface area contributed by atoms with Gasteiger partial charge in [0.1, 0.15) is 0 Å². The molecule has 1 aliphatic heterocycles. The molecule has 22 heavy (non-hydrogen) atoms. The largest absolute Gasteiger partial charge is 0.354 e. The van der Waals surface area contributed by atoms with Crippen LogP contribution in [0.4, 0.5) is 0 Å². The molecule has 0 aromatic carbocycles. The number of carbonyl (C=O) groups excluding carboxylic acids is 1. The van der Waals surface area contributed by atoms with Gasteiger partial charge < -0.3 is 14.7 Å². The van der Waals surface area contributed by atoms with E-state index < -0.39 is 0 Å². The minimum Gasteiger partial charge on any atom is -0.354 e. The van der Waals surface area contributed by atoms with Crippen LogP contribution in [0.5, 0.6) is 0 Å². The van der Waals surface area contributed by atoms with Crippen LogP contribution >= 0.6 is 0 Å². The highest BCUT2D eigenvalue weighted by molar-refractivity contribution is 5.78.